The van der Waals surface area contributed by atoms with Gasteiger partial charge in [-0.3, -0.25) is 9.52 Å². The van der Waals surface area contributed by atoms with Crippen LogP contribution in [0.2, 0.25) is 10.0 Å². The van der Waals surface area contributed by atoms with Gasteiger partial charge in [-0.2, -0.15) is 0 Å². The number of aryl methyl sites for hydroxylation is 1. The molecule has 1 heterocycles. The average Bonchev–Trinajstić information content (AvgIpc) is 3.23. The Hall–Kier alpha value is -1.80. The first-order valence-electron chi connectivity index (χ1n) is 9.88. The normalized spacial score (nSPS) is 14.6. The molecule has 1 amide bonds. The molecule has 162 valence electrons. The Morgan fingerprint density at radius 3 is 2.43 bits per heavy atom. The van der Waals surface area contributed by atoms with Crippen LogP contribution in [0.3, 0.4) is 0 Å². The monoisotopic (exact) mass is 469 g/mol. The van der Waals surface area contributed by atoms with Gasteiger partial charge in [0.25, 0.3) is 5.91 Å². The number of hydrogen-bond donors (Lipinski definition) is 2. The third-order valence-corrected chi connectivity index (χ3v) is 7.15. The van der Waals surface area contributed by atoms with Crippen LogP contribution >= 0.6 is 23.2 Å². The third-order valence-electron chi connectivity index (χ3n) is 5.00. The van der Waals surface area contributed by atoms with Crippen molar-refractivity contribution >= 4 is 44.8 Å². The molecular formula is C21H25Cl2N3O3S. The van der Waals surface area contributed by atoms with E-state index in [9.17, 15) is 13.2 Å². The number of rotatable bonds is 9. The predicted octanol–water partition coefficient (Wildman–Crippen LogP) is 3.80. The molecule has 0 aliphatic carbocycles. The molecule has 0 bridgehead atoms. The second kappa shape index (κ2) is 10.5. The lowest BCUT2D eigenvalue weighted by Crippen LogP contribution is -2.33. The van der Waals surface area contributed by atoms with E-state index < -0.39 is 10.0 Å². The van der Waals surface area contributed by atoms with Crippen molar-refractivity contribution in [3.63, 3.8) is 0 Å². The molecule has 0 saturated carbocycles. The number of likely N-dealkylation sites (tertiary alicyclic amines) is 1. The molecule has 1 fully saturated rings. The van der Waals surface area contributed by atoms with Crippen LogP contribution in [0.1, 0.15) is 28.8 Å². The van der Waals surface area contributed by atoms with Gasteiger partial charge in [-0.15, -0.1) is 0 Å². The first-order valence-corrected chi connectivity index (χ1v) is 12.3. The molecule has 0 unspecified atom stereocenters. The summed E-state index contributed by atoms with van der Waals surface area (Å²) in [5, 5.41) is 3.67. The van der Waals surface area contributed by atoms with E-state index in [1.165, 1.54) is 12.8 Å². The largest absolute Gasteiger partial charge is 0.351 e. The third kappa shape index (κ3) is 6.60. The van der Waals surface area contributed by atoms with Gasteiger partial charge in [0.2, 0.25) is 10.0 Å². The number of carbonyl (C=O) groups is 1. The average molecular weight is 470 g/mol. The van der Waals surface area contributed by atoms with Crippen molar-refractivity contribution in [2.75, 3.05) is 36.7 Å². The number of halogens is 2. The molecule has 3 rings (SSSR count). The van der Waals surface area contributed by atoms with E-state index in [4.69, 9.17) is 23.2 Å². The fourth-order valence-corrected chi connectivity index (χ4v) is 4.84. The zero-order valence-electron chi connectivity index (χ0n) is 16.5. The minimum absolute atomic E-state index is 0.133. The summed E-state index contributed by atoms with van der Waals surface area (Å²) in [5.74, 6) is -0.301. The number of benzene rings is 2. The smallest absolute Gasteiger partial charge is 0.251 e. The van der Waals surface area contributed by atoms with Crippen molar-refractivity contribution in [2.45, 2.75) is 19.3 Å². The van der Waals surface area contributed by atoms with Crippen LogP contribution in [-0.4, -0.2) is 51.2 Å². The maximum atomic E-state index is 12.4. The van der Waals surface area contributed by atoms with E-state index in [0.29, 0.717) is 33.4 Å². The summed E-state index contributed by atoms with van der Waals surface area (Å²) in [5.41, 5.74) is 1.57. The highest BCUT2D eigenvalue weighted by Crippen LogP contribution is 2.26. The molecule has 2 aromatic carbocycles. The van der Waals surface area contributed by atoms with Crippen LogP contribution in [-0.2, 0) is 16.4 Å². The number of nitrogens with one attached hydrogen (secondary N) is 2. The molecule has 1 saturated heterocycles. The van der Waals surface area contributed by atoms with Crippen molar-refractivity contribution in [3.8, 4) is 0 Å². The second-order valence-electron chi connectivity index (χ2n) is 7.27. The zero-order valence-corrected chi connectivity index (χ0v) is 18.9. The van der Waals surface area contributed by atoms with Gasteiger partial charge in [0, 0.05) is 24.3 Å². The van der Waals surface area contributed by atoms with Crippen LogP contribution in [0.5, 0.6) is 0 Å². The maximum Gasteiger partial charge on any atom is 0.251 e. The van der Waals surface area contributed by atoms with E-state index in [-0.39, 0.29) is 18.1 Å². The summed E-state index contributed by atoms with van der Waals surface area (Å²) < 4.78 is 27.3. The van der Waals surface area contributed by atoms with E-state index in [1.54, 1.807) is 42.5 Å². The lowest BCUT2D eigenvalue weighted by atomic mass is 10.2. The molecule has 2 aromatic rings. The topological polar surface area (TPSA) is 78.5 Å². The van der Waals surface area contributed by atoms with Crippen LogP contribution in [0.25, 0.3) is 0 Å². The molecular weight excluding hydrogens is 445 g/mol. The number of nitrogens with zero attached hydrogens (tertiary/aromatic N) is 1. The summed E-state index contributed by atoms with van der Waals surface area (Å²) in [6.45, 7) is 3.63. The molecule has 1 aliphatic heterocycles. The Morgan fingerprint density at radius 2 is 1.73 bits per heavy atom. The van der Waals surface area contributed by atoms with Gasteiger partial charge in [-0.1, -0.05) is 35.3 Å². The number of carbonyl (C=O) groups excluding carboxylic acids is 1. The predicted molar refractivity (Wildman–Crippen MR) is 122 cm³/mol. The quantitative estimate of drug-likeness (QED) is 0.585. The second-order valence-corrected chi connectivity index (χ2v) is 9.89. The lowest BCUT2D eigenvalue weighted by molar-refractivity contribution is 0.0950. The zero-order chi connectivity index (χ0) is 21.6. The van der Waals surface area contributed by atoms with Gasteiger partial charge >= 0.3 is 0 Å². The van der Waals surface area contributed by atoms with Crippen molar-refractivity contribution < 1.29 is 13.2 Å². The van der Waals surface area contributed by atoms with E-state index >= 15 is 0 Å². The van der Waals surface area contributed by atoms with Gasteiger partial charge in [-0.25, -0.2) is 8.42 Å². The summed E-state index contributed by atoms with van der Waals surface area (Å²) in [6, 6.07) is 11.5. The van der Waals surface area contributed by atoms with Crippen LogP contribution in [0.4, 0.5) is 5.69 Å². The highest BCUT2D eigenvalue weighted by atomic mass is 35.5. The Balaban J connectivity index is 1.49. The molecule has 30 heavy (non-hydrogen) atoms. The highest BCUT2D eigenvalue weighted by Gasteiger charge is 2.14. The molecule has 0 radical (unpaired) electrons. The highest BCUT2D eigenvalue weighted by molar-refractivity contribution is 7.92. The molecule has 0 atom stereocenters. The first-order chi connectivity index (χ1) is 14.3. The number of amides is 1. The molecule has 0 spiro atoms. The molecule has 2 N–H and O–H groups in total. The summed E-state index contributed by atoms with van der Waals surface area (Å²) >= 11 is 12.1. The molecule has 9 heteroatoms. The van der Waals surface area contributed by atoms with E-state index in [0.717, 1.165) is 19.6 Å². The molecule has 1 aliphatic rings. The molecule has 0 aromatic heterocycles. The van der Waals surface area contributed by atoms with Gasteiger partial charge < -0.3 is 10.2 Å². The van der Waals surface area contributed by atoms with E-state index in [2.05, 4.69) is 14.9 Å². The Morgan fingerprint density at radius 1 is 1.03 bits per heavy atom. The van der Waals surface area contributed by atoms with Gasteiger partial charge in [0.05, 0.1) is 15.8 Å². The van der Waals surface area contributed by atoms with Crippen LogP contribution in [0, 0.1) is 0 Å². The number of anilines is 1. The Bertz CT molecular complexity index is 975. The lowest BCUT2D eigenvalue weighted by Gasteiger charge is -2.14. The Kier molecular flexibility index (Phi) is 7.99. The maximum absolute atomic E-state index is 12.4. The van der Waals surface area contributed by atoms with Crippen molar-refractivity contribution in [3.05, 3.63) is 63.6 Å². The standard InChI is InChI=1S/C21H25Cl2N3O3S/c22-19-5-3-4-16(20(19)23)10-15-30(28,29)25-18-8-6-17(7-9-18)21(27)24-11-14-26-12-1-2-13-26/h3-9,25H,1-2,10-15H2,(H,24,27). The number of sulfonamides is 1. The van der Waals surface area contributed by atoms with Gasteiger partial charge in [-0.05, 0) is 68.2 Å². The van der Waals surface area contributed by atoms with Crippen LogP contribution < -0.4 is 10.0 Å². The summed E-state index contributed by atoms with van der Waals surface area (Å²) in [6.07, 6.45) is 2.68. The minimum atomic E-state index is -3.58. The Labute approximate surface area is 187 Å². The van der Waals surface area contributed by atoms with Crippen LogP contribution in [0.15, 0.2) is 42.5 Å². The minimum Gasteiger partial charge on any atom is -0.351 e. The van der Waals surface area contributed by atoms with Gasteiger partial charge in [0.1, 0.15) is 0 Å². The fourth-order valence-electron chi connectivity index (χ4n) is 3.34. The summed E-state index contributed by atoms with van der Waals surface area (Å²) in [7, 11) is -3.58. The fraction of sp³-hybridized carbons (Fsp3) is 0.381. The van der Waals surface area contributed by atoms with Crippen molar-refractivity contribution in [1.29, 1.82) is 0 Å². The SMILES string of the molecule is O=C(NCCN1CCCC1)c1ccc(NS(=O)(=O)CCc2cccc(Cl)c2Cl)cc1. The first kappa shape index (κ1) is 22.9. The number of hydrogen-bond acceptors (Lipinski definition) is 4. The summed E-state index contributed by atoms with van der Waals surface area (Å²) in [4.78, 5) is 14.6. The molecule has 6 nitrogen and oxygen atoms in total. The van der Waals surface area contributed by atoms with Crippen molar-refractivity contribution in [2.24, 2.45) is 0 Å². The van der Waals surface area contributed by atoms with Crippen molar-refractivity contribution in [1.82, 2.24) is 10.2 Å². The van der Waals surface area contributed by atoms with E-state index in [1.807, 2.05) is 0 Å². The van der Waals surface area contributed by atoms with Gasteiger partial charge in [0.15, 0.2) is 0 Å².